The first kappa shape index (κ1) is 13.4. The number of benzene rings is 1. The Morgan fingerprint density at radius 3 is 2.42 bits per heavy atom. The lowest BCUT2D eigenvalue weighted by Gasteiger charge is -2.20. The molecular formula is C14H18N2O3. The zero-order valence-corrected chi connectivity index (χ0v) is 10.7. The molecule has 0 bridgehead atoms. The van der Waals surface area contributed by atoms with Gasteiger partial charge in [-0.2, -0.15) is 0 Å². The van der Waals surface area contributed by atoms with Crippen LogP contribution in [0, 0.1) is 0 Å². The van der Waals surface area contributed by atoms with Crippen LogP contribution >= 0.6 is 0 Å². The first-order valence-electron chi connectivity index (χ1n) is 6.49. The van der Waals surface area contributed by atoms with E-state index in [0.29, 0.717) is 19.5 Å². The number of rotatable bonds is 4. The second-order valence-electron chi connectivity index (χ2n) is 4.72. The van der Waals surface area contributed by atoms with Crippen molar-refractivity contribution >= 4 is 12.0 Å². The van der Waals surface area contributed by atoms with Gasteiger partial charge in [0.25, 0.3) is 0 Å². The molecule has 5 nitrogen and oxygen atoms in total. The minimum absolute atomic E-state index is 0.277. The van der Waals surface area contributed by atoms with Gasteiger partial charge in [0, 0.05) is 19.5 Å². The molecule has 1 fully saturated rings. The number of hydrogen-bond donors (Lipinski definition) is 2. The van der Waals surface area contributed by atoms with Crippen molar-refractivity contribution in [1.82, 2.24) is 10.2 Å². The first-order chi connectivity index (χ1) is 9.16. The SMILES string of the molecule is O=C(O)[C@@H](Cc1ccccc1)NC(=O)N1CCCC1. The van der Waals surface area contributed by atoms with Crippen molar-refractivity contribution in [3.05, 3.63) is 35.9 Å². The number of hydrogen-bond acceptors (Lipinski definition) is 2. The molecule has 1 aromatic carbocycles. The zero-order valence-electron chi connectivity index (χ0n) is 10.7. The Morgan fingerprint density at radius 1 is 1.21 bits per heavy atom. The van der Waals surface area contributed by atoms with E-state index in [-0.39, 0.29) is 6.03 Å². The van der Waals surface area contributed by atoms with E-state index in [1.54, 1.807) is 4.90 Å². The normalized spacial score (nSPS) is 16.1. The molecule has 1 heterocycles. The van der Waals surface area contributed by atoms with Crippen LogP contribution in [0.3, 0.4) is 0 Å². The molecule has 1 atom stereocenters. The quantitative estimate of drug-likeness (QED) is 0.863. The van der Waals surface area contributed by atoms with Crippen LogP contribution in [0.25, 0.3) is 0 Å². The molecule has 0 radical (unpaired) electrons. The lowest BCUT2D eigenvalue weighted by Crippen LogP contribution is -2.48. The number of likely N-dealkylation sites (tertiary alicyclic amines) is 1. The number of aliphatic carboxylic acids is 1. The number of carboxylic acids is 1. The summed E-state index contributed by atoms with van der Waals surface area (Å²) in [5.41, 5.74) is 0.900. The molecule has 1 saturated heterocycles. The second kappa shape index (κ2) is 6.22. The van der Waals surface area contributed by atoms with E-state index >= 15 is 0 Å². The average Bonchev–Trinajstić information content (AvgIpc) is 2.93. The summed E-state index contributed by atoms with van der Waals surface area (Å²) >= 11 is 0. The Labute approximate surface area is 112 Å². The fourth-order valence-corrected chi connectivity index (χ4v) is 2.21. The van der Waals surface area contributed by atoms with Crippen molar-refractivity contribution < 1.29 is 14.7 Å². The topological polar surface area (TPSA) is 69.6 Å². The lowest BCUT2D eigenvalue weighted by atomic mass is 10.1. The van der Waals surface area contributed by atoms with Crippen molar-refractivity contribution in [1.29, 1.82) is 0 Å². The number of urea groups is 1. The second-order valence-corrected chi connectivity index (χ2v) is 4.72. The van der Waals surface area contributed by atoms with E-state index in [1.165, 1.54) is 0 Å². The summed E-state index contributed by atoms with van der Waals surface area (Å²) in [4.78, 5) is 24.8. The highest BCUT2D eigenvalue weighted by atomic mass is 16.4. The van der Waals surface area contributed by atoms with E-state index in [0.717, 1.165) is 18.4 Å². The standard InChI is InChI=1S/C14H18N2O3/c17-13(18)12(10-11-6-2-1-3-7-11)15-14(19)16-8-4-5-9-16/h1-3,6-7,12H,4-5,8-10H2,(H,15,19)(H,17,18)/t12-/m1/s1. The summed E-state index contributed by atoms with van der Waals surface area (Å²) in [6, 6.07) is 8.15. The third-order valence-corrected chi connectivity index (χ3v) is 3.27. The molecule has 0 aromatic heterocycles. The van der Waals surface area contributed by atoms with Gasteiger partial charge in [-0.1, -0.05) is 30.3 Å². The molecule has 0 aliphatic carbocycles. The van der Waals surface area contributed by atoms with Crippen molar-refractivity contribution in [2.24, 2.45) is 0 Å². The summed E-state index contributed by atoms with van der Waals surface area (Å²) < 4.78 is 0. The van der Waals surface area contributed by atoms with Gasteiger partial charge >= 0.3 is 12.0 Å². The third-order valence-electron chi connectivity index (χ3n) is 3.27. The lowest BCUT2D eigenvalue weighted by molar-refractivity contribution is -0.139. The number of carbonyl (C=O) groups excluding carboxylic acids is 1. The highest BCUT2D eigenvalue weighted by Gasteiger charge is 2.24. The van der Waals surface area contributed by atoms with Crippen LogP contribution in [0.2, 0.25) is 0 Å². The van der Waals surface area contributed by atoms with Gasteiger partial charge in [0.05, 0.1) is 0 Å². The minimum atomic E-state index is -1.00. The Morgan fingerprint density at radius 2 is 1.84 bits per heavy atom. The summed E-state index contributed by atoms with van der Waals surface area (Å²) in [5.74, 6) is -1.00. The number of carbonyl (C=O) groups is 2. The molecule has 19 heavy (non-hydrogen) atoms. The highest BCUT2D eigenvalue weighted by Crippen LogP contribution is 2.09. The van der Waals surface area contributed by atoms with Crippen LogP contribution in [-0.2, 0) is 11.2 Å². The van der Waals surface area contributed by atoms with Gasteiger partial charge in [-0.15, -0.1) is 0 Å². The molecule has 0 saturated carbocycles. The molecule has 1 aliphatic rings. The van der Waals surface area contributed by atoms with Crippen LogP contribution in [0.5, 0.6) is 0 Å². The molecule has 2 amide bonds. The van der Waals surface area contributed by atoms with Crippen LogP contribution in [-0.4, -0.2) is 41.1 Å². The Bertz CT molecular complexity index is 441. The van der Waals surface area contributed by atoms with Crippen molar-refractivity contribution in [2.75, 3.05) is 13.1 Å². The summed E-state index contributed by atoms with van der Waals surface area (Å²) in [6.45, 7) is 1.42. The van der Waals surface area contributed by atoms with Crippen molar-refractivity contribution in [2.45, 2.75) is 25.3 Å². The Hall–Kier alpha value is -2.04. The van der Waals surface area contributed by atoms with E-state index in [1.807, 2.05) is 30.3 Å². The molecular weight excluding hydrogens is 244 g/mol. The molecule has 2 N–H and O–H groups in total. The van der Waals surface area contributed by atoms with Crippen LogP contribution in [0.4, 0.5) is 4.79 Å². The summed E-state index contributed by atoms with van der Waals surface area (Å²) in [7, 11) is 0. The molecule has 5 heteroatoms. The smallest absolute Gasteiger partial charge is 0.326 e. The fourth-order valence-electron chi connectivity index (χ4n) is 2.21. The van der Waals surface area contributed by atoms with E-state index in [4.69, 9.17) is 0 Å². The number of amides is 2. The largest absolute Gasteiger partial charge is 0.480 e. The Kier molecular flexibility index (Phi) is 4.39. The van der Waals surface area contributed by atoms with E-state index in [2.05, 4.69) is 5.32 Å². The van der Waals surface area contributed by atoms with Crippen molar-refractivity contribution in [3.8, 4) is 0 Å². The Balaban J connectivity index is 1.96. The van der Waals surface area contributed by atoms with Gasteiger partial charge < -0.3 is 15.3 Å². The van der Waals surface area contributed by atoms with Gasteiger partial charge in [0.15, 0.2) is 0 Å². The van der Waals surface area contributed by atoms with E-state index < -0.39 is 12.0 Å². The number of carboxylic acid groups (broad SMARTS) is 1. The summed E-state index contributed by atoms with van der Waals surface area (Å²) in [6.07, 6.45) is 2.28. The minimum Gasteiger partial charge on any atom is -0.480 e. The van der Waals surface area contributed by atoms with Crippen LogP contribution in [0.1, 0.15) is 18.4 Å². The number of nitrogens with zero attached hydrogens (tertiary/aromatic N) is 1. The maximum atomic E-state index is 11.9. The summed E-state index contributed by atoms with van der Waals surface area (Å²) in [5, 5.41) is 11.8. The van der Waals surface area contributed by atoms with Gasteiger partial charge in [0.2, 0.25) is 0 Å². The van der Waals surface area contributed by atoms with Gasteiger partial charge in [-0.3, -0.25) is 0 Å². The van der Waals surface area contributed by atoms with E-state index in [9.17, 15) is 14.7 Å². The zero-order chi connectivity index (χ0) is 13.7. The third kappa shape index (κ3) is 3.71. The number of nitrogens with one attached hydrogen (secondary N) is 1. The van der Waals surface area contributed by atoms with Crippen LogP contribution < -0.4 is 5.32 Å². The predicted octanol–water partition coefficient (Wildman–Crippen LogP) is 1.49. The van der Waals surface area contributed by atoms with Gasteiger partial charge in [-0.05, 0) is 18.4 Å². The first-order valence-corrected chi connectivity index (χ1v) is 6.49. The maximum absolute atomic E-state index is 11.9. The van der Waals surface area contributed by atoms with Crippen molar-refractivity contribution in [3.63, 3.8) is 0 Å². The molecule has 0 spiro atoms. The molecule has 2 rings (SSSR count). The predicted molar refractivity (Wildman–Crippen MR) is 70.9 cm³/mol. The average molecular weight is 262 g/mol. The van der Waals surface area contributed by atoms with Gasteiger partial charge in [-0.25, -0.2) is 9.59 Å². The maximum Gasteiger partial charge on any atom is 0.326 e. The molecule has 1 aliphatic heterocycles. The van der Waals surface area contributed by atoms with Crippen LogP contribution in [0.15, 0.2) is 30.3 Å². The molecule has 0 unspecified atom stereocenters. The monoisotopic (exact) mass is 262 g/mol. The van der Waals surface area contributed by atoms with Gasteiger partial charge in [0.1, 0.15) is 6.04 Å². The highest BCUT2D eigenvalue weighted by molar-refractivity contribution is 5.82. The molecule has 102 valence electrons. The fraction of sp³-hybridized carbons (Fsp3) is 0.429. The molecule has 1 aromatic rings.